The zero-order valence-corrected chi connectivity index (χ0v) is 12.3. The van der Waals surface area contributed by atoms with Crippen LogP contribution in [-0.4, -0.2) is 23.8 Å². The van der Waals surface area contributed by atoms with Gasteiger partial charge in [0.05, 0.1) is 0 Å². The van der Waals surface area contributed by atoms with Gasteiger partial charge in [0.15, 0.2) is 0 Å². The van der Waals surface area contributed by atoms with E-state index in [1.165, 1.54) is 0 Å². The number of carbonyl (C=O) groups excluding carboxylic acids is 3. The number of piperidine rings is 1. The molecule has 1 N–H and O–H groups in total. The van der Waals surface area contributed by atoms with Gasteiger partial charge in [-0.15, -0.1) is 35.9 Å². The fourth-order valence-electron chi connectivity index (χ4n) is 1.54. The first-order valence-corrected chi connectivity index (χ1v) is 5.22. The van der Waals surface area contributed by atoms with Crippen LogP contribution in [0.15, 0.2) is 24.3 Å². The number of rotatable bonds is 2. The quantitative estimate of drug-likeness (QED) is 0.575. The van der Waals surface area contributed by atoms with Crippen molar-refractivity contribution in [3.63, 3.8) is 0 Å². The minimum atomic E-state index is -0.770. The second kappa shape index (κ2) is 6.45. The van der Waals surface area contributed by atoms with Crippen LogP contribution in [0, 0.1) is 6.07 Å². The van der Waals surface area contributed by atoms with Gasteiger partial charge in [-0.25, -0.2) is 0 Å². The molecule has 92 valence electrons. The van der Waals surface area contributed by atoms with E-state index in [0.29, 0.717) is 5.56 Å². The molecule has 1 aromatic rings. The van der Waals surface area contributed by atoms with Crippen molar-refractivity contribution in [1.29, 1.82) is 0 Å². The van der Waals surface area contributed by atoms with Gasteiger partial charge >= 0.3 is 21.1 Å². The Bertz CT molecular complexity index is 462. The van der Waals surface area contributed by atoms with Crippen molar-refractivity contribution in [1.82, 2.24) is 5.32 Å². The van der Waals surface area contributed by atoms with E-state index in [9.17, 15) is 14.4 Å². The zero-order chi connectivity index (χ0) is 12.3. The fourth-order valence-corrected chi connectivity index (χ4v) is 1.54. The Balaban J connectivity index is 0.00000162. The number of hydrogen-bond acceptors (Lipinski definition) is 3. The smallest absolute Gasteiger partial charge is 0.684 e. The van der Waals surface area contributed by atoms with Crippen LogP contribution in [0.3, 0.4) is 0 Å². The number of amides is 3. The topological polar surface area (TPSA) is 77.3 Å². The molecule has 0 radical (unpaired) electrons. The summed E-state index contributed by atoms with van der Waals surface area (Å²) in [5.41, 5.74) is 0.317. The largest absolute Gasteiger partial charge is 2.00 e. The summed E-state index contributed by atoms with van der Waals surface area (Å²) in [4.78, 5) is 34.0. The number of benzene rings is 1. The number of nitrogens with zero attached hydrogens (tertiary/aromatic N) is 1. The van der Waals surface area contributed by atoms with Crippen LogP contribution in [-0.2, 0) is 30.7 Å². The average Bonchev–Trinajstić information content (AvgIpc) is 2.34. The van der Waals surface area contributed by atoms with Crippen LogP contribution < -0.4 is 5.32 Å². The molecule has 0 aromatic heterocycles. The Hall–Kier alpha value is -1.48. The van der Waals surface area contributed by atoms with Crippen LogP contribution in [0.2, 0.25) is 0 Å². The molecule has 1 heterocycles. The number of imide groups is 1. The zero-order valence-electron chi connectivity index (χ0n) is 9.38. The van der Waals surface area contributed by atoms with E-state index in [1.54, 1.807) is 24.3 Å². The van der Waals surface area contributed by atoms with Gasteiger partial charge in [-0.05, 0) is 18.4 Å². The molecule has 0 aliphatic carbocycles. The monoisotopic (exact) mass is 414 g/mol. The van der Waals surface area contributed by atoms with E-state index in [-0.39, 0.29) is 39.8 Å². The molecule has 1 atom stereocenters. The second-order valence-electron chi connectivity index (χ2n) is 3.68. The number of carbonyl (C=O) groups is 3. The van der Waals surface area contributed by atoms with Gasteiger partial charge in [-0.2, -0.15) is 0 Å². The van der Waals surface area contributed by atoms with Crippen molar-refractivity contribution in [2.45, 2.75) is 18.9 Å². The Morgan fingerprint density at radius 1 is 1.39 bits per heavy atom. The maximum absolute atomic E-state index is 11.7. The minimum Gasteiger partial charge on any atom is -0.684 e. The summed E-state index contributed by atoms with van der Waals surface area (Å²) in [6.45, 7) is 0. The summed E-state index contributed by atoms with van der Waals surface area (Å²) >= 11 is 0. The molecule has 5 nitrogen and oxygen atoms in total. The predicted molar refractivity (Wildman–Crippen MR) is 59.1 cm³/mol. The molecule has 6 heteroatoms. The van der Waals surface area contributed by atoms with Gasteiger partial charge in [-0.3, -0.25) is 14.9 Å². The predicted octanol–water partition coefficient (Wildman–Crippen LogP) is 0.803. The molecular formula is C12H10N2O3W. The van der Waals surface area contributed by atoms with Crippen LogP contribution in [0.25, 0.3) is 5.32 Å². The van der Waals surface area contributed by atoms with E-state index in [2.05, 4.69) is 16.7 Å². The molecule has 2 rings (SSSR count). The van der Waals surface area contributed by atoms with Gasteiger partial charge in [0.2, 0.25) is 11.8 Å². The molecule has 0 saturated carbocycles. The van der Waals surface area contributed by atoms with Crippen LogP contribution >= 0.6 is 0 Å². The van der Waals surface area contributed by atoms with Crippen molar-refractivity contribution < 1.29 is 35.4 Å². The number of hydrogen-bond donors (Lipinski definition) is 1. The minimum absolute atomic E-state index is 0. The molecule has 18 heavy (non-hydrogen) atoms. The van der Waals surface area contributed by atoms with Gasteiger partial charge in [0, 0.05) is 6.42 Å². The number of nitrogens with one attached hydrogen (secondary N) is 1. The summed E-state index contributed by atoms with van der Waals surface area (Å²) in [7, 11) is 0. The van der Waals surface area contributed by atoms with Crippen molar-refractivity contribution in [2.24, 2.45) is 0 Å². The maximum atomic E-state index is 11.7. The SMILES string of the molecule is O=C1CCC([N-]C(=O)c2[c-]cccc2)C(=O)N1.[W+2]. The van der Waals surface area contributed by atoms with Gasteiger partial charge in [0.25, 0.3) is 0 Å². The van der Waals surface area contributed by atoms with E-state index in [1.807, 2.05) is 0 Å². The van der Waals surface area contributed by atoms with Crippen molar-refractivity contribution in [3.8, 4) is 0 Å². The Labute approximate surface area is 119 Å². The van der Waals surface area contributed by atoms with Crippen LogP contribution in [0.5, 0.6) is 0 Å². The standard InChI is InChI=1S/C12H11N2O3.W/c15-10-7-6-9(12(17)14-10)13-11(16)8-4-2-1-3-5-8;/h1-4,9H,6-7H2,(H2,13,14,15,16,17);/q-1;+2/p-1. The van der Waals surface area contributed by atoms with Gasteiger partial charge in [0.1, 0.15) is 0 Å². The normalized spacial score (nSPS) is 18.6. The molecule has 1 aliphatic rings. The van der Waals surface area contributed by atoms with Gasteiger partial charge < -0.3 is 10.1 Å². The summed E-state index contributed by atoms with van der Waals surface area (Å²) in [5.74, 6) is -1.31. The molecule has 1 fully saturated rings. The Morgan fingerprint density at radius 2 is 2.17 bits per heavy atom. The first kappa shape index (κ1) is 14.6. The molecule has 1 aromatic carbocycles. The first-order valence-electron chi connectivity index (χ1n) is 5.22. The molecule has 3 amide bonds. The Kier molecular flexibility index (Phi) is 5.22. The molecule has 0 spiro atoms. The summed E-state index contributed by atoms with van der Waals surface area (Å²) in [6.07, 6.45) is 0.495. The second-order valence-corrected chi connectivity index (χ2v) is 3.68. The van der Waals surface area contributed by atoms with Crippen molar-refractivity contribution in [3.05, 3.63) is 41.2 Å². The first-order chi connectivity index (χ1) is 8.16. The third-order valence-electron chi connectivity index (χ3n) is 2.42. The van der Waals surface area contributed by atoms with Crippen LogP contribution in [0.1, 0.15) is 23.2 Å². The summed E-state index contributed by atoms with van der Waals surface area (Å²) in [6, 6.07) is 8.59. The van der Waals surface area contributed by atoms with E-state index < -0.39 is 17.9 Å². The summed E-state index contributed by atoms with van der Waals surface area (Å²) < 4.78 is 0. The van der Waals surface area contributed by atoms with Crippen LogP contribution in [0.4, 0.5) is 0 Å². The van der Waals surface area contributed by atoms with E-state index >= 15 is 0 Å². The van der Waals surface area contributed by atoms with Crippen molar-refractivity contribution >= 4 is 17.7 Å². The van der Waals surface area contributed by atoms with Crippen molar-refractivity contribution in [2.75, 3.05) is 0 Å². The molecule has 1 saturated heterocycles. The van der Waals surface area contributed by atoms with Gasteiger partial charge in [-0.1, -0.05) is 0 Å². The maximum Gasteiger partial charge on any atom is 2.00 e. The molecular weight excluding hydrogens is 404 g/mol. The third kappa shape index (κ3) is 3.50. The molecule has 1 unspecified atom stereocenters. The Morgan fingerprint density at radius 3 is 2.78 bits per heavy atom. The summed E-state index contributed by atoms with van der Waals surface area (Å²) in [5, 5.41) is 5.94. The molecule has 0 bridgehead atoms. The average molecular weight is 414 g/mol. The molecule has 1 aliphatic heterocycles. The fraction of sp³-hybridized carbons (Fsp3) is 0.250. The third-order valence-corrected chi connectivity index (χ3v) is 2.42. The van der Waals surface area contributed by atoms with E-state index in [0.717, 1.165) is 0 Å². The van der Waals surface area contributed by atoms with E-state index in [4.69, 9.17) is 0 Å².